The van der Waals surface area contributed by atoms with Gasteiger partial charge in [0.2, 0.25) is 0 Å². The summed E-state index contributed by atoms with van der Waals surface area (Å²) in [6, 6.07) is 0. The summed E-state index contributed by atoms with van der Waals surface area (Å²) in [4.78, 5) is 21.6. The molecule has 0 saturated heterocycles. The lowest BCUT2D eigenvalue weighted by atomic mass is 10.4. The molecule has 3 atom stereocenters. The number of phosphoric acid groups is 1. The fourth-order valence-electron chi connectivity index (χ4n) is 0.189. The molecule has 12 N–H and O–H groups in total. The number of rotatable bonds is 6. The molecular weight excluding hydrogens is 399 g/mol. The van der Waals surface area contributed by atoms with Gasteiger partial charge in [-0.15, -0.1) is 34.8 Å². The van der Waals surface area contributed by atoms with Crippen molar-refractivity contribution in [2.75, 3.05) is 37.3 Å². The van der Waals surface area contributed by atoms with Crippen LogP contribution in [0.5, 0.6) is 0 Å². The van der Waals surface area contributed by atoms with E-state index in [1.165, 1.54) is 0 Å². The first-order valence-electron chi connectivity index (χ1n) is 6.03. The van der Waals surface area contributed by atoms with Gasteiger partial charge in [0.25, 0.3) is 0 Å². The van der Waals surface area contributed by atoms with Crippen molar-refractivity contribution in [3.05, 3.63) is 0 Å². The largest absolute Gasteiger partial charge is 0.466 e. The van der Waals surface area contributed by atoms with Gasteiger partial charge in [-0.2, -0.15) is 0 Å². The molecule has 14 heteroatoms. The van der Waals surface area contributed by atoms with Crippen LogP contribution < -0.4 is 17.2 Å². The average Bonchev–Trinajstić information content (AvgIpc) is 2.51. The Labute approximate surface area is 150 Å². The molecule has 10 nitrogen and oxygen atoms in total. The van der Waals surface area contributed by atoms with Crippen LogP contribution in [0.4, 0.5) is 0 Å². The molecule has 0 saturated carbocycles. The van der Waals surface area contributed by atoms with Crippen LogP contribution in [0.15, 0.2) is 0 Å². The Bertz CT molecular complexity index is 223. The summed E-state index contributed by atoms with van der Waals surface area (Å²) >= 11 is 15.4. The molecule has 0 spiro atoms. The third kappa shape index (κ3) is 60.3. The van der Waals surface area contributed by atoms with E-state index < -0.39 is 26.1 Å². The highest BCUT2D eigenvalue weighted by molar-refractivity contribution is 7.45. The van der Waals surface area contributed by atoms with Crippen LogP contribution in [0.1, 0.15) is 0 Å². The zero-order valence-corrected chi connectivity index (χ0v) is 15.5. The number of nitrogens with two attached hydrogens (primary N) is 3. The first-order chi connectivity index (χ1) is 10.4. The number of hydrogen-bond acceptors (Lipinski definition) is 7. The topological polar surface area (TPSA) is 217 Å². The third-order valence-electron chi connectivity index (χ3n) is 1.35. The van der Waals surface area contributed by atoms with E-state index in [1.54, 1.807) is 0 Å². The summed E-state index contributed by atoms with van der Waals surface area (Å²) in [6.07, 6.45) is -1.56. The van der Waals surface area contributed by atoms with Gasteiger partial charge in [-0.1, -0.05) is 0 Å². The number of aliphatic hydroxyl groups is 3. The molecule has 23 heavy (non-hydrogen) atoms. The molecule has 0 aliphatic heterocycles. The summed E-state index contributed by atoms with van der Waals surface area (Å²) in [6.45, 7) is 0.760. The number of hydrogen-bond donors (Lipinski definition) is 9. The van der Waals surface area contributed by atoms with E-state index in [0.717, 1.165) is 0 Å². The zero-order chi connectivity index (χ0) is 19.5. The van der Waals surface area contributed by atoms with Gasteiger partial charge < -0.3 is 47.2 Å². The predicted molar refractivity (Wildman–Crippen MR) is 91.6 cm³/mol. The first-order valence-corrected chi connectivity index (χ1v) is 9.20. The summed E-state index contributed by atoms with van der Waals surface area (Å²) < 4.78 is 8.88. The van der Waals surface area contributed by atoms with Gasteiger partial charge in [-0.05, 0) is 0 Å². The Morgan fingerprint density at radius 1 is 0.696 bits per heavy atom. The van der Waals surface area contributed by atoms with Crippen LogP contribution in [-0.2, 0) is 4.57 Å². The second kappa shape index (κ2) is 22.7. The zero-order valence-electron chi connectivity index (χ0n) is 12.4. The molecule has 0 aromatic rings. The van der Waals surface area contributed by atoms with Crippen LogP contribution in [0.3, 0.4) is 0 Å². The van der Waals surface area contributed by atoms with Gasteiger partial charge in [-0.3, -0.25) is 0 Å². The molecule has 0 fully saturated rings. The number of alkyl halides is 3. The molecule has 0 aliphatic rings. The van der Waals surface area contributed by atoms with Crippen molar-refractivity contribution in [2.45, 2.75) is 18.3 Å². The van der Waals surface area contributed by atoms with Gasteiger partial charge in [0.15, 0.2) is 0 Å². The minimum atomic E-state index is -4.64. The van der Waals surface area contributed by atoms with E-state index in [0.29, 0.717) is 0 Å². The summed E-state index contributed by atoms with van der Waals surface area (Å²) in [5.74, 6) is 0.698. The summed E-state index contributed by atoms with van der Waals surface area (Å²) in [7, 11) is -4.64. The quantitative estimate of drug-likeness (QED) is 0.163. The highest BCUT2D eigenvalue weighted by Gasteiger charge is 2.00. The van der Waals surface area contributed by atoms with Crippen molar-refractivity contribution < 1.29 is 34.6 Å². The standard InChI is InChI=1S/3C3H8ClNO.H3O4P/c3*4-1-3(6)2-5;1-5(2,3)4/h3*3,6H,1-2,5H2;(H3,1,2,3,4). The van der Waals surface area contributed by atoms with Gasteiger partial charge in [-0.25, -0.2) is 4.57 Å². The van der Waals surface area contributed by atoms with Crippen LogP contribution >= 0.6 is 42.6 Å². The van der Waals surface area contributed by atoms with E-state index in [4.69, 9.17) is 86.6 Å². The smallest absolute Gasteiger partial charge is 0.391 e. The van der Waals surface area contributed by atoms with Gasteiger partial charge in [0.05, 0.1) is 18.3 Å². The fraction of sp³-hybridized carbons (Fsp3) is 1.00. The van der Waals surface area contributed by atoms with Crippen molar-refractivity contribution in [3.8, 4) is 0 Å². The Morgan fingerprint density at radius 3 is 0.826 bits per heavy atom. The second-order valence-corrected chi connectivity index (χ2v) is 5.60. The average molecular weight is 427 g/mol. The van der Waals surface area contributed by atoms with Gasteiger partial charge in [0.1, 0.15) is 0 Å². The SMILES string of the molecule is NCC(O)CCl.NCC(O)CCl.NCC(O)CCl.O=P(O)(O)O. The molecule has 0 rings (SSSR count). The third-order valence-corrected chi connectivity index (χ3v) is 2.42. The maximum atomic E-state index is 8.88. The number of aliphatic hydroxyl groups excluding tert-OH is 3. The minimum absolute atomic E-state index is 0.233. The van der Waals surface area contributed by atoms with E-state index >= 15 is 0 Å². The van der Waals surface area contributed by atoms with Crippen molar-refractivity contribution >= 4 is 42.6 Å². The maximum Gasteiger partial charge on any atom is 0.466 e. The molecule has 0 bridgehead atoms. The van der Waals surface area contributed by atoms with E-state index in [9.17, 15) is 0 Å². The van der Waals surface area contributed by atoms with E-state index in [-0.39, 0.29) is 37.3 Å². The molecule has 0 radical (unpaired) electrons. The van der Waals surface area contributed by atoms with Crippen LogP contribution in [-0.4, -0.2) is 85.6 Å². The van der Waals surface area contributed by atoms with Crippen molar-refractivity contribution in [1.82, 2.24) is 0 Å². The van der Waals surface area contributed by atoms with Crippen molar-refractivity contribution in [3.63, 3.8) is 0 Å². The Kier molecular flexibility index (Phi) is 31.1. The molecule has 3 unspecified atom stereocenters. The summed E-state index contributed by atoms with van der Waals surface area (Å²) in [5, 5.41) is 25.2. The Hall–Kier alpha value is 0.740. The summed E-state index contributed by atoms with van der Waals surface area (Å²) in [5.41, 5.74) is 14.8. The van der Waals surface area contributed by atoms with E-state index in [2.05, 4.69) is 0 Å². The Morgan fingerprint density at radius 2 is 0.826 bits per heavy atom. The van der Waals surface area contributed by atoms with Crippen molar-refractivity contribution in [1.29, 1.82) is 0 Å². The molecule has 0 aromatic carbocycles. The lowest BCUT2D eigenvalue weighted by molar-refractivity contribution is 0.206. The molecule has 0 heterocycles. The lowest BCUT2D eigenvalue weighted by Crippen LogP contribution is -2.20. The van der Waals surface area contributed by atoms with Gasteiger partial charge >= 0.3 is 7.82 Å². The normalized spacial score (nSPS) is 13.9. The van der Waals surface area contributed by atoms with Crippen LogP contribution in [0.2, 0.25) is 0 Å². The predicted octanol–water partition coefficient (Wildman–Crippen LogP) is -2.29. The molecule has 0 amide bonds. The second-order valence-electron chi connectivity index (χ2n) is 3.64. The van der Waals surface area contributed by atoms with Crippen LogP contribution in [0.25, 0.3) is 0 Å². The lowest BCUT2D eigenvalue weighted by Gasteiger charge is -1.96. The monoisotopic (exact) mass is 425 g/mol. The first kappa shape index (κ1) is 31.5. The molecular formula is C9H27Cl3N3O7P. The Balaban J connectivity index is -0.000000105. The molecule has 146 valence electrons. The van der Waals surface area contributed by atoms with E-state index in [1.807, 2.05) is 0 Å². The highest BCUT2D eigenvalue weighted by Crippen LogP contribution is 2.25. The van der Waals surface area contributed by atoms with Gasteiger partial charge in [0, 0.05) is 37.3 Å². The van der Waals surface area contributed by atoms with Crippen molar-refractivity contribution in [2.24, 2.45) is 17.2 Å². The number of halogens is 3. The fourth-order valence-corrected chi connectivity index (χ4v) is 0.567. The van der Waals surface area contributed by atoms with Crippen LogP contribution in [0, 0.1) is 0 Å². The molecule has 0 aliphatic carbocycles. The maximum absolute atomic E-state index is 8.88. The minimum Gasteiger partial charge on any atom is -0.391 e. The molecule has 0 aromatic heterocycles. The highest BCUT2D eigenvalue weighted by atomic mass is 35.5.